The molecule has 2 heterocycles. The molecule has 0 fully saturated rings. The molecule has 0 bridgehead atoms. The molecule has 0 saturated carbocycles. The molecular weight excluding hydrogens is 307 g/mol. The second-order valence-corrected chi connectivity index (χ2v) is 3.98. The number of fused-ring (bicyclic) bond motifs is 1. The molecule has 0 N–H and O–H groups in total. The summed E-state index contributed by atoms with van der Waals surface area (Å²) < 4.78 is 11.1. The van der Waals surface area contributed by atoms with E-state index >= 15 is 0 Å². The Balaban J connectivity index is 2.27. The highest BCUT2D eigenvalue weighted by Gasteiger charge is 2.13. The summed E-state index contributed by atoms with van der Waals surface area (Å²) in [6, 6.07) is 7.74. The van der Waals surface area contributed by atoms with Gasteiger partial charge in [-0.2, -0.15) is 4.98 Å². The van der Waals surface area contributed by atoms with Gasteiger partial charge >= 0.3 is 0 Å². The minimum Gasteiger partial charge on any atom is -0.463 e. The highest BCUT2D eigenvalue weighted by atomic mass is 127. The second-order valence-electron chi connectivity index (χ2n) is 3.01. The van der Waals surface area contributed by atoms with Gasteiger partial charge in [0.15, 0.2) is 0 Å². The van der Waals surface area contributed by atoms with Gasteiger partial charge in [-0.05, 0) is 6.07 Å². The predicted octanol–water partition coefficient (Wildman–Crippen LogP) is 3.09. The summed E-state index contributed by atoms with van der Waals surface area (Å²) in [4.78, 5) is 4.15. The molecule has 0 aliphatic rings. The smallest absolute Gasteiger partial charge is 0.262 e. The van der Waals surface area contributed by atoms with Crippen LogP contribution in [0.15, 0.2) is 39.5 Å². The van der Waals surface area contributed by atoms with E-state index in [2.05, 4.69) is 10.1 Å². The molecular formula is C10H5IN2O2. The fraction of sp³-hybridized carbons (Fsp3) is 0. The van der Waals surface area contributed by atoms with Gasteiger partial charge in [-0.25, -0.2) is 0 Å². The Bertz CT molecular complexity index is 614. The maximum absolute atomic E-state index is 5.38. The van der Waals surface area contributed by atoms with Crippen molar-refractivity contribution in [1.29, 1.82) is 0 Å². The molecule has 0 aliphatic carbocycles. The zero-order valence-corrected chi connectivity index (χ0v) is 9.63. The lowest BCUT2D eigenvalue weighted by atomic mass is 10.2. The van der Waals surface area contributed by atoms with Crippen LogP contribution in [0.3, 0.4) is 0 Å². The van der Waals surface area contributed by atoms with E-state index in [0.29, 0.717) is 9.72 Å². The Labute approximate surface area is 98.4 Å². The summed E-state index contributed by atoms with van der Waals surface area (Å²) in [5, 5.41) is 4.72. The molecule has 1 aromatic carbocycles. The van der Waals surface area contributed by atoms with Crippen molar-refractivity contribution in [1.82, 2.24) is 10.1 Å². The summed E-state index contributed by atoms with van der Waals surface area (Å²) in [5.74, 6) is 0.490. The molecule has 3 rings (SSSR count). The summed E-state index contributed by atoms with van der Waals surface area (Å²) >= 11 is 2.00. The van der Waals surface area contributed by atoms with E-state index in [1.165, 1.54) is 0 Å². The number of aromatic nitrogens is 2. The molecule has 5 heteroatoms. The van der Waals surface area contributed by atoms with Crippen molar-refractivity contribution < 1.29 is 8.94 Å². The van der Waals surface area contributed by atoms with Crippen LogP contribution in [0.2, 0.25) is 0 Å². The topological polar surface area (TPSA) is 52.1 Å². The average molecular weight is 312 g/mol. The Hall–Kier alpha value is -1.37. The molecule has 4 nitrogen and oxygen atoms in total. The molecule has 0 saturated heterocycles. The zero-order valence-electron chi connectivity index (χ0n) is 7.48. The van der Waals surface area contributed by atoms with Gasteiger partial charge < -0.3 is 8.94 Å². The largest absolute Gasteiger partial charge is 0.463 e. The third kappa shape index (κ3) is 1.43. The van der Waals surface area contributed by atoms with Gasteiger partial charge in [-0.15, -0.1) is 0 Å². The number of furan rings is 1. The van der Waals surface area contributed by atoms with Crippen LogP contribution in [0.1, 0.15) is 0 Å². The lowest BCUT2D eigenvalue weighted by Crippen LogP contribution is -1.75. The molecule has 0 aliphatic heterocycles. The summed E-state index contributed by atoms with van der Waals surface area (Å²) in [5.41, 5.74) is 1.65. The average Bonchev–Trinajstić information content (AvgIpc) is 2.83. The van der Waals surface area contributed by atoms with Gasteiger partial charge in [0, 0.05) is 28.0 Å². The Kier molecular flexibility index (Phi) is 1.98. The van der Waals surface area contributed by atoms with Gasteiger partial charge in [0.1, 0.15) is 11.8 Å². The molecule has 0 spiro atoms. The van der Waals surface area contributed by atoms with Crippen LogP contribution in [0.5, 0.6) is 0 Å². The molecule has 3 aromatic rings. The first-order valence-electron chi connectivity index (χ1n) is 4.30. The molecule has 15 heavy (non-hydrogen) atoms. The monoisotopic (exact) mass is 312 g/mol. The van der Waals surface area contributed by atoms with Crippen LogP contribution in [0, 0.1) is 3.83 Å². The van der Waals surface area contributed by atoms with Crippen molar-refractivity contribution >= 4 is 33.6 Å². The number of para-hydroxylation sites is 1. The fourth-order valence-corrected chi connectivity index (χ4v) is 1.78. The van der Waals surface area contributed by atoms with E-state index < -0.39 is 0 Å². The maximum Gasteiger partial charge on any atom is 0.262 e. The van der Waals surface area contributed by atoms with Crippen LogP contribution in [0.25, 0.3) is 22.4 Å². The number of rotatable bonds is 1. The normalized spacial score (nSPS) is 11.0. The summed E-state index contributed by atoms with van der Waals surface area (Å²) in [7, 11) is 0. The lowest BCUT2D eigenvalue weighted by molar-refractivity contribution is 0.425. The van der Waals surface area contributed by atoms with E-state index in [1.54, 1.807) is 6.26 Å². The van der Waals surface area contributed by atoms with Crippen molar-refractivity contribution in [3.8, 4) is 11.5 Å². The van der Waals surface area contributed by atoms with Gasteiger partial charge in [-0.1, -0.05) is 23.4 Å². The van der Waals surface area contributed by atoms with Crippen LogP contribution >= 0.6 is 22.6 Å². The number of benzene rings is 1. The second kappa shape index (κ2) is 3.34. The van der Waals surface area contributed by atoms with Crippen molar-refractivity contribution in [2.75, 3.05) is 0 Å². The van der Waals surface area contributed by atoms with Crippen molar-refractivity contribution in [2.45, 2.75) is 0 Å². The van der Waals surface area contributed by atoms with E-state index in [9.17, 15) is 0 Å². The minimum absolute atomic E-state index is 0.490. The zero-order chi connectivity index (χ0) is 10.3. The quantitative estimate of drug-likeness (QED) is 0.648. The molecule has 0 unspecified atom stereocenters. The third-order valence-electron chi connectivity index (χ3n) is 2.11. The number of halogens is 1. The summed E-state index contributed by atoms with van der Waals surface area (Å²) in [6.45, 7) is 0. The van der Waals surface area contributed by atoms with E-state index in [4.69, 9.17) is 8.94 Å². The first kappa shape index (κ1) is 8.90. The Morgan fingerprint density at radius 3 is 2.87 bits per heavy atom. The third-order valence-corrected chi connectivity index (χ3v) is 2.55. The standard InChI is InChI=1S/C10H5IN2O2/c11-10-12-9(15-13-10)7-5-14-8-4-2-1-3-6(7)8/h1-5H. The molecule has 0 amide bonds. The van der Waals surface area contributed by atoms with Crippen molar-refractivity contribution in [3.05, 3.63) is 34.4 Å². The molecule has 0 radical (unpaired) electrons. The lowest BCUT2D eigenvalue weighted by Gasteiger charge is -1.88. The van der Waals surface area contributed by atoms with Crippen molar-refractivity contribution in [2.24, 2.45) is 0 Å². The van der Waals surface area contributed by atoms with Gasteiger partial charge in [0.05, 0.1) is 5.56 Å². The molecule has 2 aromatic heterocycles. The maximum atomic E-state index is 5.38. The Morgan fingerprint density at radius 2 is 2.07 bits per heavy atom. The predicted molar refractivity (Wildman–Crippen MR) is 62.2 cm³/mol. The van der Waals surface area contributed by atoms with E-state index in [1.807, 2.05) is 46.9 Å². The summed E-state index contributed by atoms with van der Waals surface area (Å²) in [6.07, 6.45) is 1.63. The number of hydrogen-bond donors (Lipinski definition) is 0. The first-order chi connectivity index (χ1) is 7.34. The fourth-order valence-electron chi connectivity index (χ4n) is 1.46. The highest BCUT2D eigenvalue weighted by molar-refractivity contribution is 14.1. The first-order valence-corrected chi connectivity index (χ1v) is 5.38. The van der Waals surface area contributed by atoms with Crippen molar-refractivity contribution in [3.63, 3.8) is 0 Å². The van der Waals surface area contributed by atoms with Gasteiger partial charge in [-0.3, -0.25) is 0 Å². The van der Waals surface area contributed by atoms with E-state index in [0.717, 1.165) is 16.5 Å². The minimum atomic E-state index is 0.490. The van der Waals surface area contributed by atoms with Gasteiger partial charge in [0.25, 0.3) is 5.89 Å². The van der Waals surface area contributed by atoms with Crippen LogP contribution < -0.4 is 0 Å². The van der Waals surface area contributed by atoms with Crippen LogP contribution in [0.4, 0.5) is 0 Å². The highest BCUT2D eigenvalue weighted by Crippen LogP contribution is 2.29. The molecule has 74 valence electrons. The number of nitrogens with zero attached hydrogens (tertiary/aromatic N) is 2. The molecule has 0 atom stereocenters. The Morgan fingerprint density at radius 1 is 1.20 bits per heavy atom. The van der Waals surface area contributed by atoms with Gasteiger partial charge in [0.2, 0.25) is 3.83 Å². The van der Waals surface area contributed by atoms with E-state index in [-0.39, 0.29) is 0 Å². The van der Waals surface area contributed by atoms with Crippen LogP contribution in [-0.4, -0.2) is 10.1 Å². The van der Waals surface area contributed by atoms with Crippen LogP contribution in [-0.2, 0) is 0 Å². The number of hydrogen-bond acceptors (Lipinski definition) is 4. The SMILES string of the molecule is Ic1noc(-c2coc3ccccc23)n1.